The maximum atomic E-state index is 11.9. The lowest BCUT2D eigenvalue weighted by molar-refractivity contribution is 0.0203. The number of carbonyl (C=O) groups excluding carboxylic acids is 1. The van der Waals surface area contributed by atoms with Crippen molar-refractivity contribution < 1.29 is 19.0 Å². The van der Waals surface area contributed by atoms with Gasteiger partial charge in [-0.3, -0.25) is 4.99 Å². The van der Waals surface area contributed by atoms with Crippen molar-refractivity contribution in [2.45, 2.75) is 65.0 Å². The van der Waals surface area contributed by atoms with E-state index in [0.29, 0.717) is 18.4 Å². The number of nitrogens with zero attached hydrogens (tertiary/aromatic N) is 1. The summed E-state index contributed by atoms with van der Waals surface area (Å²) in [6.07, 6.45) is 2.68. The Bertz CT molecular complexity index is 483. The van der Waals surface area contributed by atoms with Crippen LogP contribution >= 0.6 is 0 Å². The third-order valence-electron chi connectivity index (χ3n) is 4.21. The van der Waals surface area contributed by atoms with Crippen LogP contribution in [0.3, 0.4) is 0 Å². The van der Waals surface area contributed by atoms with E-state index < -0.39 is 17.2 Å². The molecular weight excluding hydrogens is 360 g/mol. The highest BCUT2D eigenvalue weighted by atomic mass is 16.6. The first-order chi connectivity index (χ1) is 13.1. The Morgan fingerprint density at radius 2 is 1.82 bits per heavy atom. The lowest BCUT2D eigenvalue weighted by Gasteiger charge is -2.29. The molecule has 28 heavy (non-hydrogen) atoms. The number of nitrogens with one attached hydrogen (secondary N) is 3. The summed E-state index contributed by atoms with van der Waals surface area (Å²) >= 11 is 0. The molecule has 0 spiro atoms. The van der Waals surface area contributed by atoms with Crippen molar-refractivity contribution in [1.82, 2.24) is 16.0 Å². The molecule has 1 rings (SSSR count). The molecule has 0 atom stereocenters. The van der Waals surface area contributed by atoms with Crippen LogP contribution in [0.15, 0.2) is 4.99 Å². The summed E-state index contributed by atoms with van der Waals surface area (Å²) in [7, 11) is 1.73. The minimum atomic E-state index is -0.516. The molecule has 0 aromatic carbocycles. The van der Waals surface area contributed by atoms with Crippen LogP contribution in [-0.4, -0.2) is 69.8 Å². The van der Waals surface area contributed by atoms with Gasteiger partial charge in [0.15, 0.2) is 5.96 Å². The van der Waals surface area contributed by atoms with E-state index in [9.17, 15) is 4.79 Å². The van der Waals surface area contributed by atoms with Crippen LogP contribution in [0.4, 0.5) is 4.79 Å². The molecule has 1 saturated heterocycles. The molecule has 0 bridgehead atoms. The number of rotatable bonds is 9. The zero-order chi connectivity index (χ0) is 21.0. The zero-order valence-corrected chi connectivity index (χ0v) is 18.5. The first-order valence-electron chi connectivity index (χ1n) is 10.2. The summed E-state index contributed by atoms with van der Waals surface area (Å²) in [5.41, 5.74) is -0.995. The van der Waals surface area contributed by atoms with Gasteiger partial charge in [-0.05, 0) is 59.8 Å². The fourth-order valence-corrected chi connectivity index (χ4v) is 2.69. The number of aliphatic imine (C=N–C) groups is 1. The molecule has 0 aromatic heterocycles. The highest BCUT2D eigenvalue weighted by Gasteiger charge is 2.24. The minimum Gasteiger partial charge on any atom is -0.444 e. The molecule has 3 N–H and O–H groups in total. The Morgan fingerprint density at radius 1 is 1.14 bits per heavy atom. The molecule has 0 aliphatic carbocycles. The lowest BCUT2D eigenvalue weighted by Crippen LogP contribution is -2.54. The lowest BCUT2D eigenvalue weighted by atomic mass is 10.0. The van der Waals surface area contributed by atoms with Gasteiger partial charge in [0.1, 0.15) is 5.60 Å². The molecule has 0 aromatic rings. The molecule has 1 fully saturated rings. The Balaban J connectivity index is 2.16. The number of hydrogen-bond donors (Lipinski definition) is 3. The Morgan fingerprint density at radius 3 is 2.43 bits per heavy atom. The van der Waals surface area contributed by atoms with E-state index in [4.69, 9.17) is 14.2 Å². The fourth-order valence-electron chi connectivity index (χ4n) is 2.69. The third-order valence-corrected chi connectivity index (χ3v) is 4.21. The second-order valence-electron chi connectivity index (χ2n) is 8.85. The van der Waals surface area contributed by atoms with Crippen molar-refractivity contribution in [2.24, 2.45) is 10.9 Å². The maximum Gasteiger partial charge on any atom is 0.408 e. The van der Waals surface area contributed by atoms with Crippen LogP contribution < -0.4 is 16.0 Å². The summed E-state index contributed by atoms with van der Waals surface area (Å²) in [4.78, 5) is 16.2. The molecule has 0 radical (unpaired) electrons. The molecule has 0 saturated carbocycles. The minimum absolute atomic E-state index is 0.427. The first-order valence-corrected chi connectivity index (χ1v) is 10.2. The van der Waals surface area contributed by atoms with Crippen molar-refractivity contribution in [3.8, 4) is 0 Å². The van der Waals surface area contributed by atoms with Gasteiger partial charge in [-0.15, -0.1) is 0 Å². The molecule has 1 aliphatic heterocycles. The van der Waals surface area contributed by atoms with Gasteiger partial charge >= 0.3 is 6.09 Å². The van der Waals surface area contributed by atoms with Gasteiger partial charge < -0.3 is 30.2 Å². The zero-order valence-electron chi connectivity index (χ0n) is 18.5. The Hall–Kier alpha value is -1.54. The number of hydrogen-bond acceptors (Lipinski definition) is 5. The average Bonchev–Trinajstić information content (AvgIpc) is 2.59. The smallest absolute Gasteiger partial charge is 0.408 e. The van der Waals surface area contributed by atoms with Crippen molar-refractivity contribution in [3.05, 3.63) is 0 Å². The summed E-state index contributed by atoms with van der Waals surface area (Å²) in [6.45, 7) is 14.0. The summed E-state index contributed by atoms with van der Waals surface area (Å²) in [5, 5.41) is 9.37. The number of alkyl carbamates (subject to hydrolysis) is 1. The number of amides is 1. The number of carbonyl (C=O) groups is 1. The van der Waals surface area contributed by atoms with Crippen molar-refractivity contribution in [2.75, 3.05) is 46.6 Å². The van der Waals surface area contributed by atoms with Crippen molar-refractivity contribution in [3.63, 3.8) is 0 Å². The second-order valence-corrected chi connectivity index (χ2v) is 8.85. The van der Waals surface area contributed by atoms with Gasteiger partial charge in [0.25, 0.3) is 0 Å². The summed E-state index contributed by atoms with van der Waals surface area (Å²) in [5.74, 6) is 1.33. The Kier molecular flexibility index (Phi) is 10.6. The summed E-state index contributed by atoms with van der Waals surface area (Å²) < 4.78 is 16.4. The highest BCUT2D eigenvalue weighted by molar-refractivity contribution is 5.79. The SMILES string of the molecule is CN=C(NCCCOCC1CCOCC1)NCC(C)(C)NC(=O)OC(C)(C)C. The normalized spacial score (nSPS) is 16.6. The topological polar surface area (TPSA) is 93.2 Å². The van der Waals surface area contributed by atoms with E-state index in [1.165, 1.54) is 0 Å². The number of guanidine groups is 1. The quantitative estimate of drug-likeness (QED) is 0.312. The van der Waals surface area contributed by atoms with E-state index in [1.807, 2.05) is 34.6 Å². The molecule has 164 valence electrons. The van der Waals surface area contributed by atoms with Gasteiger partial charge in [0.05, 0.1) is 5.54 Å². The van der Waals surface area contributed by atoms with Gasteiger partial charge in [0, 0.05) is 46.6 Å². The predicted molar refractivity (Wildman–Crippen MR) is 112 cm³/mol. The Labute approximate surface area is 170 Å². The third kappa shape index (κ3) is 12.0. The van der Waals surface area contributed by atoms with Crippen molar-refractivity contribution in [1.29, 1.82) is 0 Å². The van der Waals surface area contributed by atoms with E-state index in [-0.39, 0.29) is 0 Å². The van der Waals surface area contributed by atoms with Crippen LogP contribution in [0.25, 0.3) is 0 Å². The van der Waals surface area contributed by atoms with Gasteiger partial charge in [-0.2, -0.15) is 0 Å². The second kappa shape index (κ2) is 12.1. The van der Waals surface area contributed by atoms with Crippen molar-refractivity contribution >= 4 is 12.1 Å². The fraction of sp³-hybridized carbons (Fsp3) is 0.900. The summed E-state index contributed by atoms with van der Waals surface area (Å²) in [6, 6.07) is 0. The van der Waals surface area contributed by atoms with Crippen LogP contribution in [0.1, 0.15) is 53.9 Å². The van der Waals surface area contributed by atoms with E-state index in [2.05, 4.69) is 20.9 Å². The molecule has 8 nitrogen and oxygen atoms in total. The molecule has 8 heteroatoms. The van der Waals surface area contributed by atoms with Crippen LogP contribution in [0, 0.1) is 5.92 Å². The predicted octanol–water partition coefficient (Wildman–Crippen LogP) is 2.29. The molecule has 1 aliphatic rings. The largest absolute Gasteiger partial charge is 0.444 e. The van der Waals surface area contributed by atoms with E-state index >= 15 is 0 Å². The highest BCUT2D eigenvalue weighted by Crippen LogP contribution is 2.14. The molecule has 0 unspecified atom stereocenters. The van der Waals surface area contributed by atoms with Gasteiger partial charge in [0.2, 0.25) is 0 Å². The van der Waals surface area contributed by atoms with Crippen LogP contribution in [-0.2, 0) is 14.2 Å². The number of ether oxygens (including phenoxy) is 3. The molecular formula is C20H40N4O4. The van der Waals surface area contributed by atoms with Gasteiger partial charge in [-0.25, -0.2) is 4.79 Å². The monoisotopic (exact) mass is 400 g/mol. The van der Waals surface area contributed by atoms with E-state index in [0.717, 1.165) is 52.2 Å². The van der Waals surface area contributed by atoms with Crippen LogP contribution in [0.5, 0.6) is 0 Å². The average molecular weight is 401 g/mol. The van der Waals surface area contributed by atoms with Crippen LogP contribution in [0.2, 0.25) is 0 Å². The maximum absolute atomic E-state index is 11.9. The van der Waals surface area contributed by atoms with Gasteiger partial charge in [-0.1, -0.05) is 0 Å². The molecule has 1 heterocycles. The standard InChI is InChI=1S/C20H40N4O4/c1-19(2,3)28-18(25)24-20(4,5)15-23-17(21-6)22-10-7-11-27-14-16-8-12-26-13-9-16/h16H,7-15H2,1-6H3,(H,24,25)(H2,21,22,23). The van der Waals surface area contributed by atoms with E-state index in [1.54, 1.807) is 7.05 Å². The molecule has 1 amide bonds. The first kappa shape index (κ1) is 24.5.